The number of piperidine rings is 1. The van der Waals surface area contributed by atoms with Gasteiger partial charge in [0, 0.05) is 32.1 Å². The van der Waals surface area contributed by atoms with Crippen LogP contribution in [0.3, 0.4) is 0 Å². The molecule has 1 N–H and O–H groups in total. The summed E-state index contributed by atoms with van der Waals surface area (Å²) in [5.74, 6) is -2.28. The van der Waals surface area contributed by atoms with Crippen molar-refractivity contribution < 1.29 is 32.6 Å². The first kappa shape index (κ1) is 22.3. The molecule has 3 fully saturated rings. The van der Waals surface area contributed by atoms with E-state index in [0.717, 1.165) is 17.0 Å². The van der Waals surface area contributed by atoms with E-state index >= 15 is 0 Å². The number of carbonyl (C=O) groups is 3. The molecular weight excluding hydrogens is 424 g/mol. The Hall–Kier alpha value is -2.91. The van der Waals surface area contributed by atoms with Crippen molar-refractivity contribution in [1.82, 2.24) is 5.32 Å². The van der Waals surface area contributed by atoms with Crippen molar-refractivity contribution in [2.75, 3.05) is 36.0 Å². The number of rotatable bonds is 5. The zero-order chi connectivity index (χ0) is 23.4. The molecule has 0 bridgehead atoms. The fraction of sp³-hybridized carbons (Fsp3) is 0.591. The molecule has 1 aliphatic carbocycles. The third-order valence-corrected chi connectivity index (χ3v) is 5.96. The smallest absolute Gasteiger partial charge is 0.414 e. The number of amides is 2. The van der Waals surface area contributed by atoms with E-state index in [1.54, 1.807) is 25.7 Å². The van der Waals surface area contributed by atoms with Gasteiger partial charge in [0.05, 0.1) is 24.7 Å². The summed E-state index contributed by atoms with van der Waals surface area (Å²) in [4.78, 5) is 38.2. The van der Waals surface area contributed by atoms with Gasteiger partial charge in [-0.05, 0) is 32.6 Å². The van der Waals surface area contributed by atoms with Crippen molar-refractivity contribution in [2.45, 2.75) is 39.4 Å². The van der Waals surface area contributed by atoms with Crippen LogP contribution in [0.4, 0.5) is 25.0 Å². The molecule has 2 aliphatic heterocycles. The summed E-state index contributed by atoms with van der Waals surface area (Å²) < 4.78 is 40.4. The zero-order valence-corrected chi connectivity index (χ0v) is 18.5. The number of cyclic esters (lactones) is 1. The number of nitrogens with one attached hydrogen (secondary N) is 1. The lowest BCUT2D eigenvalue weighted by atomic mass is 10.1. The van der Waals surface area contributed by atoms with Crippen molar-refractivity contribution in [3.8, 4) is 0 Å². The Morgan fingerprint density at radius 2 is 1.75 bits per heavy atom. The number of hydrogen-bond acceptors (Lipinski definition) is 6. The molecule has 3 atom stereocenters. The van der Waals surface area contributed by atoms with Crippen molar-refractivity contribution in [1.29, 1.82) is 0 Å². The van der Waals surface area contributed by atoms with E-state index in [1.165, 1.54) is 6.92 Å². The van der Waals surface area contributed by atoms with Crippen LogP contribution >= 0.6 is 0 Å². The molecule has 0 aromatic heterocycles. The number of halogens is 2. The molecule has 8 nitrogen and oxygen atoms in total. The molecule has 10 heteroatoms. The zero-order valence-electron chi connectivity index (χ0n) is 18.5. The molecule has 174 valence electrons. The minimum Gasteiger partial charge on any atom is -0.460 e. The Kier molecular flexibility index (Phi) is 5.50. The van der Waals surface area contributed by atoms with E-state index in [4.69, 9.17) is 9.47 Å². The summed E-state index contributed by atoms with van der Waals surface area (Å²) in [5, 5.41) is 2.55. The first-order valence-electron chi connectivity index (χ1n) is 10.6. The largest absolute Gasteiger partial charge is 0.460 e. The molecular formula is C22H27F2N3O5. The number of esters is 1. The van der Waals surface area contributed by atoms with Gasteiger partial charge in [-0.1, -0.05) is 0 Å². The van der Waals surface area contributed by atoms with Crippen molar-refractivity contribution >= 4 is 29.3 Å². The van der Waals surface area contributed by atoms with Gasteiger partial charge in [-0.15, -0.1) is 0 Å². The van der Waals surface area contributed by atoms with Crippen LogP contribution in [-0.2, 0) is 19.1 Å². The van der Waals surface area contributed by atoms with Crippen molar-refractivity contribution in [3.63, 3.8) is 0 Å². The van der Waals surface area contributed by atoms with Crippen LogP contribution in [-0.4, -0.2) is 55.9 Å². The molecule has 4 rings (SSSR count). The molecule has 32 heavy (non-hydrogen) atoms. The Labute approximate surface area is 184 Å². The highest BCUT2D eigenvalue weighted by atomic mass is 19.1. The number of nitrogens with zero attached hydrogens (tertiary/aromatic N) is 2. The lowest BCUT2D eigenvalue weighted by Gasteiger charge is -2.25. The summed E-state index contributed by atoms with van der Waals surface area (Å²) in [6.07, 6.45) is -1.33. The molecule has 2 unspecified atom stereocenters. The number of carbonyl (C=O) groups excluding carboxylic acids is 3. The van der Waals surface area contributed by atoms with Crippen LogP contribution in [0.5, 0.6) is 0 Å². The molecule has 1 saturated carbocycles. The number of ether oxygens (including phenoxy) is 2. The van der Waals surface area contributed by atoms with Crippen LogP contribution in [0.2, 0.25) is 0 Å². The van der Waals surface area contributed by atoms with E-state index in [9.17, 15) is 23.2 Å². The van der Waals surface area contributed by atoms with Gasteiger partial charge >= 0.3 is 12.1 Å². The van der Waals surface area contributed by atoms with E-state index in [1.807, 2.05) is 0 Å². The van der Waals surface area contributed by atoms with E-state index < -0.39 is 29.4 Å². The van der Waals surface area contributed by atoms with Crippen LogP contribution in [0, 0.1) is 29.4 Å². The van der Waals surface area contributed by atoms with Crippen molar-refractivity contribution in [2.24, 2.45) is 17.8 Å². The number of benzene rings is 1. The molecule has 3 aliphatic rings. The Morgan fingerprint density at radius 1 is 1.16 bits per heavy atom. The van der Waals surface area contributed by atoms with Gasteiger partial charge in [0.15, 0.2) is 11.6 Å². The molecule has 2 heterocycles. The SMILES string of the molecule is CC(=O)NC[C@H]1CN(c2cc(F)c(N3CC4C(C3)C4C(=O)OC(C)(C)C)c(F)c2)C(=O)O1. The average Bonchev–Trinajstić information content (AvgIpc) is 2.98. The number of anilines is 2. The maximum Gasteiger partial charge on any atom is 0.414 e. The molecule has 0 radical (unpaired) electrons. The first-order valence-corrected chi connectivity index (χ1v) is 10.6. The van der Waals surface area contributed by atoms with Gasteiger partial charge in [0.25, 0.3) is 0 Å². The summed E-state index contributed by atoms with van der Waals surface area (Å²) >= 11 is 0. The summed E-state index contributed by atoms with van der Waals surface area (Å²) in [7, 11) is 0. The normalized spacial score (nSPS) is 26.6. The van der Waals surface area contributed by atoms with Gasteiger partial charge < -0.3 is 19.7 Å². The highest BCUT2D eigenvalue weighted by molar-refractivity contribution is 5.90. The highest BCUT2D eigenvalue weighted by Gasteiger charge is 2.61. The highest BCUT2D eigenvalue weighted by Crippen LogP contribution is 2.54. The summed E-state index contributed by atoms with van der Waals surface area (Å²) in [5.41, 5.74) is -0.680. The maximum absolute atomic E-state index is 14.9. The molecule has 1 aromatic rings. The van der Waals surface area contributed by atoms with Gasteiger partial charge in [-0.2, -0.15) is 0 Å². The Bertz CT molecular complexity index is 928. The quantitative estimate of drug-likeness (QED) is 0.692. The molecule has 0 spiro atoms. The third-order valence-electron chi connectivity index (χ3n) is 5.96. The first-order chi connectivity index (χ1) is 14.9. The number of fused-ring (bicyclic) bond motifs is 1. The maximum atomic E-state index is 14.9. The second-order valence-electron chi connectivity index (χ2n) is 9.60. The summed E-state index contributed by atoms with van der Waals surface area (Å²) in [6, 6.07) is 2.21. The van der Waals surface area contributed by atoms with Gasteiger partial charge in [0.1, 0.15) is 17.4 Å². The summed E-state index contributed by atoms with van der Waals surface area (Å²) in [6.45, 7) is 7.69. The minimum atomic E-state index is -0.784. The number of hydrogen-bond donors (Lipinski definition) is 1. The van der Waals surface area contributed by atoms with E-state index in [2.05, 4.69) is 5.32 Å². The predicted molar refractivity (Wildman–Crippen MR) is 111 cm³/mol. The van der Waals surface area contributed by atoms with Crippen LogP contribution in [0.25, 0.3) is 0 Å². The predicted octanol–water partition coefficient (Wildman–Crippen LogP) is 2.45. The van der Waals surface area contributed by atoms with Crippen molar-refractivity contribution in [3.05, 3.63) is 23.8 Å². The lowest BCUT2D eigenvalue weighted by Crippen LogP contribution is -2.33. The average molecular weight is 451 g/mol. The second kappa shape index (κ2) is 7.90. The topological polar surface area (TPSA) is 88.2 Å². The fourth-order valence-corrected chi connectivity index (χ4v) is 4.53. The third kappa shape index (κ3) is 4.35. The Morgan fingerprint density at radius 3 is 2.28 bits per heavy atom. The molecule has 2 saturated heterocycles. The standard InChI is InChI=1S/C22H27F2N3O5/c1-11(28)25-7-13-8-27(21(30)31-13)12-5-16(23)19(17(24)6-12)26-9-14-15(10-26)18(14)20(29)32-22(2,3)4/h5-6,13-15,18H,7-10H2,1-4H3,(H,25,28)/t13-,14?,15?,18?/m0/s1. The van der Waals surface area contributed by atoms with Gasteiger partial charge in [0.2, 0.25) is 5.91 Å². The Balaban J connectivity index is 1.41. The monoisotopic (exact) mass is 451 g/mol. The van der Waals surface area contributed by atoms with Crippen LogP contribution in [0.15, 0.2) is 12.1 Å². The van der Waals surface area contributed by atoms with Gasteiger partial charge in [-0.25, -0.2) is 13.6 Å². The van der Waals surface area contributed by atoms with E-state index in [0.29, 0.717) is 13.1 Å². The van der Waals surface area contributed by atoms with E-state index in [-0.39, 0.29) is 54.1 Å². The fourth-order valence-electron chi connectivity index (χ4n) is 4.53. The lowest BCUT2D eigenvalue weighted by molar-refractivity contribution is -0.157. The van der Waals surface area contributed by atoms with Crippen LogP contribution < -0.4 is 15.1 Å². The van der Waals surface area contributed by atoms with Gasteiger partial charge in [-0.3, -0.25) is 14.5 Å². The van der Waals surface area contributed by atoms with Crippen LogP contribution in [0.1, 0.15) is 27.7 Å². The minimum absolute atomic E-state index is 0.0198. The molecule has 1 aromatic carbocycles. The second-order valence-corrected chi connectivity index (χ2v) is 9.60. The molecule has 2 amide bonds.